The van der Waals surface area contributed by atoms with Crippen LogP contribution in [0.4, 0.5) is 0 Å². The Morgan fingerprint density at radius 2 is 1.83 bits per heavy atom. The molecule has 13 heteroatoms. The number of hydrogen-bond acceptors (Lipinski definition) is 9. The molecule has 0 atom stereocenters. The molecule has 2 aromatic rings. The summed E-state index contributed by atoms with van der Waals surface area (Å²) in [4.78, 5) is 16.4. The van der Waals surface area contributed by atoms with Crippen molar-refractivity contribution in [3.63, 3.8) is 0 Å². The minimum absolute atomic E-state index is 0.0314. The van der Waals surface area contributed by atoms with Crippen LogP contribution in [0.2, 0.25) is 5.02 Å². The predicted molar refractivity (Wildman–Crippen MR) is 140 cm³/mol. The van der Waals surface area contributed by atoms with Gasteiger partial charge >= 0.3 is 0 Å². The van der Waals surface area contributed by atoms with Crippen molar-refractivity contribution in [1.29, 1.82) is 5.41 Å². The molecule has 2 aliphatic rings. The highest BCUT2D eigenvalue weighted by atomic mass is 35.5. The fourth-order valence-electron chi connectivity index (χ4n) is 3.15. The average Bonchev–Trinajstić information content (AvgIpc) is 3.28. The number of amides is 1. The maximum absolute atomic E-state index is 12.5. The molecule has 0 unspecified atom stereocenters. The van der Waals surface area contributed by atoms with Gasteiger partial charge in [0.05, 0.1) is 25.9 Å². The van der Waals surface area contributed by atoms with E-state index in [9.17, 15) is 13.2 Å². The highest BCUT2D eigenvalue weighted by Gasteiger charge is 2.38. The van der Waals surface area contributed by atoms with Crippen molar-refractivity contribution in [1.82, 2.24) is 5.01 Å². The number of sulfone groups is 1. The number of fused-ring (bicyclic) bond motifs is 1. The number of carbonyl (C=O) groups is 1. The van der Waals surface area contributed by atoms with Gasteiger partial charge in [-0.2, -0.15) is 10.0 Å². The molecule has 0 aliphatic carbocycles. The summed E-state index contributed by atoms with van der Waals surface area (Å²) in [7, 11) is -2.10. The number of halogens is 1. The van der Waals surface area contributed by atoms with Crippen molar-refractivity contribution in [2.75, 3.05) is 26.6 Å². The summed E-state index contributed by atoms with van der Waals surface area (Å²) in [6, 6.07) is 12.2. The summed E-state index contributed by atoms with van der Waals surface area (Å²) in [5.74, 6) is 0.741. The number of ether oxygens (including phenoxy) is 3. The largest absolute Gasteiger partial charge is 0.493 e. The standard InChI is InChI=1S/C23H21ClN4O6S2/c1-32-19-13-14(4-9-18(19)34-11-3-10-33-16-7-5-15(24)6-8-16)12-17-20(25)28-22(26-21(17)29)35-23(27-28)36(2,30)31/h4-9,12-13,25H,3,10-11H2,1-2H3. The Labute approximate surface area is 217 Å². The number of rotatable bonds is 8. The van der Waals surface area contributed by atoms with Crippen molar-refractivity contribution in [3.8, 4) is 17.2 Å². The number of hydrazone groups is 1. The number of nitrogens with one attached hydrogen (secondary N) is 1. The number of aliphatic imine (C=N–C) groups is 1. The Kier molecular flexibility index (Phi) is 7.67. The number of amidine groups is 2. The topological polar surface area (TPSA) is 131 Å². The molecule has 4 rings (SSSR count). The van der Waals surface area contributed by atoms with E-state index >= 15 is 0 Å². The summed E-state index contributed by atoms with van der Waals surface area (Å²) in [5.41, 5.74) is 0.532. The van der Waals surface area contributed by atoms with Crippen LogP contribution in [-0.2, 0) is 14.6 Å². The van der Waals surface area contributed by atoms with E-state index in [-0.39, 0.29) is 21.0 Å². The van der Waals surface area contributed by atoms with Gasteiger partial charge in [0, 0.05) is 17.7 Å². The van der Waals surface area contributed by atoms with Gasteiger partial charge in [-0.25, -0.2) is 8.42 Å². The summed E-state index contributed by atoms with van der Waals surface area (Å²) < 4.78 is 40.2. The summed E-state index contributed by atoms with van der Waals surface area (Å²) >= 11 is 6.60. The van der Waals surface area contributed by atoms with Crippen LogP contribution in [-0.4, -0.2) is 61.3 Å². The fraction of sp³-hybridized carbons (Fsp3) is 0.217. The molecule has 36 heavy (non-hydrogen) atoms. The lowest BCUT2D eigenvalue weighted by Gasteiger charge is -2.20. The molecule has 2 heterocycles. The molecule has 0 radical (unpaired) electrons. The van der Waals surface area contributed by atoms with Crippen molar-refractivity contribution < 1.29 is 27.4 Å². The monoisotopic (exact) mass is 548 g/mol. The van der Waals surface area contributed by atoms with Gasteiger partial charge in [0.2, 0.25) is 19.4 Å². The summed E-state index contributed by atoms with van der Waals surface area (Å²) in [6.07, 6.45) is 3.10. The number of methoxy groups -OCH3 is 1. The molecule has 0 bridgehead atoms. The lowest BCUT2D eigenvalue weighted by molar-refractivity contribution is -0.114. The Balaban J connectivity index is 1.41. The Morgan fingerprint density at radius 3 is 2.53 bits per heavy atom. The number of hydrogen-bond donors (Lipinski definition) is 1. The lowest BCUT2D eigenvalue weighted by Crippen LogP contribution is -2.35. The van der Waals surface area contributed by atoms with Crippen molar-refractivity contribution in [2.24, 2.45) is 10.1 Å². The highest BCUT2D eigenvalue weighted by molar-refractivity contribution is 8.42. The van der Waals surface area contributed by atoms with Gasteiger partial charge in [-0.05, 0) is 59.8 Å². The van der Waals surface area contributed by atoms with Crippen LogP contribution in [0, 0.1) is 5.41 Å². The highest BCUT2D eigenvalue weighted by Crippen LogP contribution is 2.32. The molecule has 0 saturated carbocycles. The van der Waals surface area contributed by atoms with Gasteiger partial charge in [-0.3, -0.25) is 10.2 Å². The molecule has 0 spiro atoms. The van der Waals surface area contributed by atoms with Crippen LogP contribution in [0.15, 0.2) is 58.1 Å². The normalized spacial score (nSPS) is 16.5. The zero-order chi connectivity index (χ0) is 25.9. The van der Waals surface area contributed by atoms with E-state index in [1.807, 2.05) is 0 Å². The zero-order valence-electron chi connectivity index (χ0n) is 19.2. The zero-order valence-corrected chi connectivity index (χ0v) is 21.6. The van der Waals surface area contributed by atoms with Crippen molar-refractivity contribution in [2.45, 2.75) is 6.42 Å². The van der Waals surface area contributed by atoms with E-state index < -0.39 is 15.7 Å². The first kappa shape index (κ1) is 25.7. The van der Waals surface area contributed by atoms with Crippen molar-refractivity contribution in [3.05, 3.63) is 58.6 Å². The number of carbonyl (C=O) groups excluding carboxylic acids is 1. The molecule has 1 N–H and O–H groups in total. The smallest absolute Gasteiger partial charge is 0.283 e. The second-order valence-corrected chi connectivity index (χ2v) is 11.2. The minimum atomic E-state index is -3.60. The van der Waals surface area contributed by atoms with E-state index in [2.05, 4.69) is 10.1 Å². The average molecular weight is 549 g/mol. The Bertz CT molecular complexity index is 1400. The molecular formula is C23H21ClN4O6S2. The van der Waals surface area contributed by atoms with Crippen molar-refractivity contribution >= 4 is 60.6 Å². The molecule has 1 amide bonds. The minimum Gasteiger partial charge on any atom is -0.493 e. The Morgan fingerprint density at radius 1 is 1.11 bits per heavy atom. The van der Waals surface area contributed by atoms with Gasteiger partial charge in [0.15, 0.2) is 17.3 Å². The SMILES string of the molecule is COc1cc(C=C2C(=N)N3N=C(S(C)(=O)=O)SC3=NC2=O)ccc1OCCCOc1ccc(Cl)cc1. The maximum Gasteiger partial charge on any atom is 0.283 e. The first-order valence-electron chi connectivity index (χ1n) is 10.5. The second kappa shape index (κ2) is 10.7. The third-order valence-corrected chi connectivity index (χ3v) is 7.71. The Hall–Kier alpha value is -3.35. The molecule has 10 nitrogen and oxygen atoms in total. The summed E-state index contributed by atoms with van der Waals surface area (Å²) in [5, 5.41) is 14.0. The van der Waals surface area contributed by atoms with Crippen LogP contribution in [0.25, 0.3) is 6.08 Å². The van der Waals surface area contributed by atoms with E-state index in [0.717, 1.165) is 28.8 Å². The van der Waals surface area contributed by atoms with E-state index in [4.69, 9.17) is 31.2 Å². The number of benzene rings is 2. The first-order chi connectivity index (χ1) is 17.2. The van der Waals surface area contributed by atoms with Gasteiger partial charge in [0.25, 0.3) is 5.91 Å². The van der Waals surface area contributed by atoms with Crippen LogP contribution in [0.5, 0.6) is 17.2 Å². The third kappa shape index (κ3) is 5.89. The maximum atomic E-state index is 12.5. The number of thioether (sulfide) groups is 1. The van der Waals surface area contributed by atoms with Gasteiger partial charge < -0.3 is 14.2 Å². The quantitative estimate of drug-likeness (QED) is 0.389. The lowest BCUT2D eigenvalue weighted by atomic mass is 10.1. The van der Waals surface area contributed by atoms with Gasteiger partial charge in [-0.1, -0.05) is 17.7 Å². The molecule has 0 aromatic heterocycles. The van der Waals surface area contributed by atoms with E-state index in [1.165, 1.54) is 13.2 Å². The molecular weight excluding hydrogens is 528 g/mol. The number of nitrogens with zero attached hydrogens (tertiary/aromatic N) is 3. The molecule has 2 aliphatic heterocycles. The molecule has 0 fully saturated rings. The summed E-state index contributed by atoms with van der Waals surface area (Å²) in [6.45, 7) is 0.845. The van der Waals surface area contributed by atoms with Crippen LogP contribution in [0.1, 0.15) is 12.0 Å². The van der Waals surface area contributed by atoms with Gasteiger partial charge in [0.1, 0.15) is 5.75 Å². The predicted octanol–water partition coefficient (Wildman–Crippen LogP) is 3.82. The van der Waals surface area contributed by atoms with Crippen LogP contribution in [0.3, 0.4) is 0 Å². The van der Waals surface area contributed by atoms with Crippen LogP contribution >= 0.6 is 23.4 Å². The second-order valence-electron chi connectivity index (χ2n) is 7.57. The first-order valence-corrected chi connectivity index (χ1v) is 13.6. The van der Waals surface area contributed by atoms with Crippen LogP contribution < -0.4 is 14.2 Å². The van der Waals surface area contributed by atoms with Gasteiger partial charge in [-0.15, -0.1) is 5.10 Å². The molecule has 2 aromatic carbocycles. The molecule has 0 saturated heterocycles. The third-order valence-electron chi connectivity index (χ3n) is 4.88. The fourth-order valence-corrected chi connectivity index (χ4v) is 4.96. The molecule has 188 valence electrons. The van der Waals surface area contributed by atoms with E-state index in [1.54, 1.807) is 42.5 Å². The van der Waals surface area contributed by atoms with E-state index in [0.29, 0.717) is 41.7 Å².